The van der Waals surface area contributed by atoms with Crippen LogP contribution in [-0.4, -0.2) is 15.0 Å². The molecule has 0 atom stereocenters. The molecule has 1 N–H and O–H groups in total. The zero-order valence-electron chi connectivity index (χ0n) is 12.7. The van der Waals surface area contributed by atoms with Gasteiger partial charge in [-0.05, 0) is 17.7 Å². The number of halogens is 2. The normalized spacial score (nSPS) is 11.3. The third-order valence-electron chi connectivity index (χ3n) is 3.82. The fourth-order valence-corrected chi connectivity index (χ4v) is 3.58. The number of hydrogen-bond acceptors (Lipinski definition) is 4. The van der Waals surface area contributed by atoms with Crippen LogP contribution >= 0.6 is 11.3 Å². The van der Waals surface area contributed by atoms with Gasteiger partial charge in [-0.3, -0.25) is 9.78 Å². The minimum atomic E-state index is -2.61. The maximum atomic E-state index is 13.3. The van der Waals surface area contributed by atoms with Gasteiger partial charge in [0, 0.05) is 22.7 Å². The Balaban J connectivity index is 1.99. The van der Waals surface area contributed by atoms with Crippen LogP contribution in [0.2, 0.25) is 0 Å². The van der Waals surface area contributed by atoms with E-state index in [1.54, 1.807) is 48.0 Å². The molecule has 0 spiro atoms. The summed E-state index contributed by atoms with van der Waals surface area (Å²) in [4.78, 5) is 23.7. The summed E-state index contributed by atoms with van der Waals surface area (Å²) in [5.41, 5.74) is 1.44. The van der Waals surface area contributed by atoms with Gasteiger partial charge in [-0.15, -0.1) is 11.3 Å². The number of rotatable bonds is 3. The largest absolute Gasteiger partial charge is 0.304 e. The molecule has 0 fully saturated rings. The number of aromatic nitrogens is 3. The fourth-order valence-electron chi connectivity index (χ4n) is 2.68. The average Bonchev–Trinajstić information content (AvgIpc) is 3.07. The number of aromatic amines is 1. The smallest absolute Gasteiger partial charge is 0.269 e. The van der Waals surface area contributed by atoms with Gasteiger partial charge in [-0.1, -0.05) is 30.3 Å². The lowest BCUT2D eigenvalue weighted by atomic mass is 10.0. The number of thiophene rings is 1. The van der Waals surface area contributed by atoms with E-state index in [0.717, 1.165) is 0 Å². The number of alkyl halides is 2. The summed E-state index contributed by atoms with van der Waals surface area (Å²) in [6, 6.07) is 11.5. The number of benzene rings is 1. The van der Waals surface area contributed by atoms with Gasteiger partial charge in [0.25, 0.3) is 12.0 Å². The van der Waals surface area contributed by atoms with Gasteiger partial charge >= 0.3 is 0 Å². The van der Waals surface area contributed by atoms with Crippen LogP contribution in [0, 0.1) is 0 Å². The van der Waals surface area contributed by atoms with Crippen molar-refractivity contribution in [2.24, 2.45) is 0 Å². The topological polar surface area (TPSA) is 58.6 Å². The summed E-state index contributed by atoms with van der Waals surface area (Å²) >= 11 is 1.19. The number of fused-ring (bicyclic) bond motifs is 1. The van der Waals surface area contributed by atoms with Gasteiger partial charge in [-0.2, -0.15) is 0 Å². The van der Waals surface area contributed by atoms with Crippen LogP contribution in [0.25, 0.3) is 32.9 Å². The summed E-state index contributed by atoms with van der Waals surface area (Å²) in [6.07, 6.45) is -1.01. The van der Waals surface area contributed by atoms with Crippen LogP contribution in [0.5, 0.6) is 0 Å². The molecule has 7 heteroatoms. The predicted molar refractivity (Wildman–Crippen MR) is 93.9 cm³/mol. The lowest BCUT2D eigenvalue weighted by Crippen LogP contribution is -2.08. The second-order valence-electron chi connectivity index (χ2n) is 5.34. The molecule has 0 unspecified atom stereocenters. The van der Waals surface area contributed by atoms with Crippen LogP contribution in [0.15, 0.2) is 58.8 Å². The first-order chi connectivity index (χ1) is 12.1. The molecule has 1 aromatic carbocycles. The van der Waals surface area contributed by atoms with Crippen LogP contribution in [0.3, 0.4) is 0 Å². The predicted octanol–water partition coefficient (Wildman–Crippen LogP) is 4.65. The molecule has 0 amide bonds. The van der Waals surface area contributed by atoms with Crippen molar-refractivity contribution in [2.75, 3.05) is 0 Å². The van der Waals surface area contributed by atoms with Crippen molar-refractivity contribution < 1.29 is 8.78 Å². The second-order valence-corrected chi connectivity index (χ2v) is 6.22. The minimum absolute atomic E-state index is 0.0799. The highest BCUT2D eigenvalue weighted by atomic mass is 32.1. The van der Waals surface area contributed by atoms with E-state index >= 15 is 0 Å². The van der Waals surface area contributed by atoms with Crippen LogP contribution in [-0.2, 0) is 0 Å². The zero-order chi connectivity index (χ0) is 17.4. The number of nitrogens with one attached hydrogen (secondary N) is 1. The Morgan fingerprint density at radius 2 is 1.84 bits per heavy atom. The Labute approximate surface area is 144 Å². The molecule has 0 radical (unpaired) electrons. The van der Waals surface area contributed by atoms with Gasteiger partial charge in [0.2, 0.25) is 0 Å². The molecule has 25 heavy (non-hydrogen) atoms. The highest BCUT2D eigenvalue weighted by Crippen LogP contribution is 2.37. The van der Waals surface area contributed by atoms with Crippen LogP contribution in [0.1, 0.15) is 12.0 Å². The van der Waals surface area contributed by atoms with Crippen molar-refractivity contribution in [1.82, 2.24) is 15.0 Å². The fraction of sp³-hybridized carbons (Fsp3) is 0.0556. The summed E-state index contributed by atoms with van der Waals surface area (Å²) in [5, 5.41) is 1.69. The number of hydrogen-bond donors (Lipinski definition) is 1. The van der Waals surface area contributed by atoms with Crippen molar-refractivity contribution in [1.29, 1.82) is 0 Å². The summed E-state index contributed by atoms with van der Waals surface area (Å²) in [6.45, 7) is 0. The van der Waals surface area contributed by atoms with Gasteiger partial charge in [0.1, 0.15) is 10.4 Å². The third-order valence-corrected chi connectivity index (χ3v) is 4.79. The number of H-pyrrole nitrogens is 1. The molecular formula is C18H11F2N3OS. The Kier molecular flexibility index (Phi) is 3.85. The van der Waals surface area contributed by atoms with Gasteiger partial charge < -0.3 is 4.98 Å². The molecule has 0 saturated heterocycles. The molecular weight excluding hydrogens is 344 g/mol. The van der Waals surface area contributed by atoms with E-state index < -0.39 is 6.43 Å². The highest BCUT2D eigenvalue weighted by molar-refractivity contribution is 7.17. The van der Waals surface area contributed by atoms with Crippen molar-refractivity contribution in [3.8, 4) is 22.6 Å². The third kappa shape index (κ3) is 2.72. The zero-order valence-corrected chi connectivity index (χ0v) is 13.6. The molecule has 3 heterocycles. The first kappa shape index (κ1) is 15.6. The van der Waals surface area contributed by atoms with E-state index in [1.807, 2.05) is 0 Å². The number of nitrogens with zero attached hydrogens (tertiary/aromatic N) is 2. The lowest BCUT2D eigenvalue weighted by Gasteiger charge is -2.08. The lowest BCUT2D eigenvalue weighted by molar-refractivity contribution is 0.152. The van der Waals surface area contributed by atoms with E-state index in [9.17, 15) is 13.6 Å². The molecule has 4 rings (SSSR count). The molecule has 0 aliphatic carbocycles. The quantitative estimate of drug-likeness (QED) is 0.582. The number of pyridine rings is 1. The average molecular weight is 355 g/mol. The Bertz CT molecular complexity index is 1110. The maximum Gasteiger partial charge on any atom is 0.269 e. The molecule has 4 aromatic rings. The molecule has 0 saturated carbocycles. The second kappa shape index (κ2) is 6.18. The standard InChI is InChI=1S/C18H11F2N3OS/c19-16(20)11-6-2-1-5-10(11)12-9-25-15-14(12)22-17(23-18(15)24)13-7-3-4-8-21-13/h1-9,16H,(H,22,23,24). The summed E-state index contributed by atoms with van der Waals surface area (Å²) in [5.74, 6) is 0.312. The molecule has 0 bridgehead atoms. The van der Waals surface area contributed by atoms with Crippen molar-refractivity contribution in [2.45, 2.75) is 6.43 Å². The molecule has 124 valence electrons. The maximum absolute atomic E-state index is 13.3. The minimum Gasteiger partial charge on any atom is -0.304 e. The summed E-state index contributed by atoms with van der Waals surface area (Å²) in [7, 11) is 0. The SMILES string of the molecule is O=c1[nH]c(-c2ccccn2)nc2c(-c3ccccc3C(F)F)csc12. The van der Waals surface area contributed by atoms with Crippen molar-refractivity contribution in [3.05, 3.63) is 70.0 Å². The van der Waals surface area contributed by atoms with Gasteiger partial charge in [0.05, 0.1) is 5.52 Å². The van der Waals surface area contributed by atoms with Gasteiger partial charge in [0.15, 0.2) is 5.82 Å². The van der Waals surface area contributed by atoms with Crippen LogP contribution in [0.4, 0.5) is 8.78 Å². The van der Waals surface area contributed by atoms with E-state index in [2.05, 4.69) is 15.0 Å². The first-order valence-corrected chi connectivity index (χ1v) is 8.33. The first-order valence-electron chi connectivity index (χ1n) is 7.45. The van der Waals surface area contributed by atoms with E-state index in [1.165, 1.54) is 17.4 Å². The van der Waals surface area contributed by atoms with E-state index in [0.29, 0.717) is 32.9 Å². The Morgan fingerprint density at radius 1 is 1.04 bits per heavy atom. The Morgan fingerprint density at radius 3 is 2.60 bits per heavy atom. The molecule has 4 nitrogen and oxygen atoms in total. The summed E-state index contributed by atoms with van der Waals surface area (Å²) < 4.78 is 27.1. The van der Waals surface area contributed by atoms with Crippen molar-refractivity contribution in [3.63, 3.8) is 0 Å². The van der Waals surface area contributed by atoms with E-state index in [-0.39, 0.29) is 11.1 Å². The van der Waals surface area contributed by atoms with Gasteiger partial charge in [-0.25, -0.2) is 13.8 Å². The Hall–Kier alpha value is -2.93. The monoisotopic (exact) mass is 355 g/mol. The molecule has 0 aliphatic heterocycles. The van der Waals surface area contributed by atoms with Crippen LogP contribution < -0.4 is 5.56 Å². The highest BCUT2D eigenvalue weighted by Gasteiger charge is 2.19. The molecule has 0 aliphatic rings. The molecule has 3 aromatic heterocycles. The van der Waals surface area contributed by atoms with E-state index in [4.69, 9.17) is 0 Å². The van der Waals surface area contributed by atoms with Crippen molar-refractivity contribution >= 4 is 21.6 Å².